The van der Waals surface area contributed by atoms with Crippen LogP contribution in [-0.4, -0.2) is 25.2 Å². The molecule has 0 aliphatic heterocycles. The van der Waals surface area contributed by atoms with Crippen molar-refractivity contribution >= 4 is 11.3 Å². The van der Waals surface area contributed by atoms with Crippen LogP contribution >= 0.6 is 11.3 Å². The quantitative estimate of drug-likeness (QED) is 0.753. The number of ether oxygens (including phenoxy) is 2. The molecule has 102 valence electrons. The topological polar surface area (TPSA) is 43.4 Å². The number of thiazole rings is 1. The van der Waals surface area contributed by atoms with Gasteiger partial charge in [-0.25, -0.2) is 4.98 Å². The highest BCUT2D eigenvalue weighted by Crippen LogP contribution is 2.11. The molecule has 1 N–H and O–H groups in total. The number of nitrogens with zero attached hydrogens (tertiary/aromatic N) is 1. The van der Waals surface area contributed by atoms with E-state index in [0.717, 1.165) is 23.0 Å². The lowest BCUT2D eigenvalue weighted by Gasteiger charge is -2.05. The predicted octanol–water partition coefficient (Wildman–Crippen LogP) is 2.46. The molecule has 4 nitrogen and oxygen atoms in total. The summed E-state index contributed by atoms with van der Waals surface area (Å²) in [4.78, 5) is 4.45. The van der Waals surface area contributed by atoms with Crippen molar-refractivity contribution in [2.45, 2.75) is 13.2 Å². The van der Waals surface area contributed by atoms with E-state index in [1.54, 1.807) is 11.3 Å². The third-order valence-corrected chi connectivity index (χ3v) is 3.31. The third kappa shape index (κ3) is 4.98. The van der Waals surface area contributed by atoms with Crippen LogP contribution in [0.3, 0.4) is 0 Å². The van der Waals surface area contributed by atoms with Crippen LogP contribution in [0, 0.1) is 0 Å². The van der Waals surface area contributed by atoms with Crippen molar-refractivity contribution < 1.29 is 9.47 Å². The van der Waals surface area contributed by atoms with E-state index < -0.39 is 0 Å². The van der Waals surface area contributed by atoms with Crippen molar-refractivity contribution in [3.63, 3.8) is 0 Å². The zero-order chi connectivity index (χ0) is 13.3. The molecule has 0 aliphatic carbocycles. The first-order valence-corrected chi connectivity index (χ1v) is 7.10. The summed E-state index contributed by atoms with van der Waals surface area (Å²) in [6, 6.07) is 9.74. The average Bonchev–Trinajstić information content (AvgIpc) is 2.88. The summed E-state index contributed by atoms with van der Waals surface area (Å²) in [5.74, 6) is 0.871. The SMILES string of the molecule is CNCc1nc(COCCOc2ccccc2)cs1. The molecule has 0 saturated heterocycles. The van der Waals surface area contributed by atoms with Crippen LogP contribution < -0.4 is 10.1 Å². The number of nitrogens with one attached hydrogen (secondary N) is 1. The van der Waals surface area contributed by atoms with Gasteiger partial charge in [-0.05, 0) is 19.2 Å². The van der Waals surface area contributed by atoms with Crippen molar-refractivity contribution in [2.24, 2.45) is 0 Å². The summed E-state index contributed by atoms with van der Waals surface area (Å²) in [6.45, 7) is 2.46. The van der Waals surface area contributed by atoms with Gasteiger partial charge in [-0.3, -0.25) is 0 Å². The van der Waals surface area contributed by atoms with Gasteiger partial charge in [-0.15, -0.1) is 11.3 Å². The lowest BCUT2D eigenvalue weighted by atomic mass is 10.3. The van der Waals surface area contributed by atoms with Crippen LogP contribution in [0.2, 0.25) is 0 Å². The Hall–Kier alpha value is -1.43. The van der Waals surface area contributed by atoms with Crippen LogP contribution in [0.4, 0.5) is 0 Å². The summed E-state index contributed by atoms with van der Waals surface area (Å²) in [5, 5.41) is 6.20. The zero-order valence-corrected chi connectivity index (χ0v) is 11.8. The predicted molar refractivity (Wildman–Crippen MR) is 76.5 cm³/mol. The first kappa shape index (κ1) is 14.0. The van der Waals surface area contributed by atoms with Crippen molar-refractivity contribution in [3.8, 4) is 5.75 Å². The molecule has 0 amide bonds. The molecule has 5 heteroatoms. The molecule has 1 aromatic carbocycles. The second-order valence-electron chi connectivity index (χ2n) is 3.98. The van der Waals surface area contributed by atoms with Crippen LogP contribution in [0.25, 0.3) is 0 Å². The molecule has 19 heavy (non-hydrogen) atoms. The highest BCUT2D eigenvalue weighted by molar-refractivity contribution is 7.09. The Balaban J connectivity index is 1.61. The molecule has 0 bridgehead atoms. The Morgan fingerprint density at radius 1 is 1.21 bits per heavy atom. The molecule has 0 fully saturated rings. The summed E-state index contributed by atoms with van der Waals surface area (Å²) >= 11 is 1.65. The number of hydrogen-bond acceptors (Lipinski definition) is 5. The average molecular weight is 278 g/mol. The van der Waals surface area contributed by atoms with Crippen molar-refractivity contribution in [3.05, 3.63) is 46.4 Å². The van der Waals surface area contributed by atoms with E-state index in [9.17, 15) is 0 Å². The number of para-hydroxylation sites is 1. The minimum absolute atomic E-state index is 0.540. The van der Waals surface area contributed by atoms with Gasteiger partial charge in [0.25, 0.3) is 0 Å². The number of hydrogen-bond donors (Lipinski definition) is 1. The number of rotatable bonds is 8. The van der Waals surface area contributed by atoms with E-state index in [4.69, 9.17) is 9.47 Å². The Morgan fingerprint density at radius 2 is 2.05 bits per heavy atom. The monoisotopic (exact) mass is 278 g/mol. The van der Waals surface area contributed by atoms with Crippen molar-refractivity contribution in [2.75, 3.05) is 20.3 Å². The minimum atomic E-state index is 0.540. The lowest BCUT2D eigenvalue weighted by molar-refractivity contribution is 0.0872. The molecule has 0 saturated carbocycles. The molecule has 0 atom stereocenters. The fourth-order valence-corrected chi connectivity index (χ4v) is 2.35. The highest BCUT2D eigenvalue weighted by Gasteiger charge is 2.01. The van der Waals surface area contributed by atoms with E-state index in [2.05, 4.69) is 10.3 Å². The van der Waals surface area contributed by atoms with Gasteiger partial charge in [-0.1, -0.05) is 18.2 Å². The molecular weight excluding hydrogens is 260 g/mol. The second kappa shape index (κ2) is 7.89. The van der Waals surface area contributed by atoms with E-state index >= 15 is 0 Å². The molecule has 2 aromatic rings. The number of aromatic nitrogens is 1. The van der Waals surface area contributed by atoms with Gasteiger partial charge < -0.3 is 14.8 Å². The standard InChI is InChI=1S/C14H18N2O2S/c1-15-9-14-16-12(11-19-14)10-17-7-8-18-13-5-3-2-4-6-13/h2-6,11,15H,7-10H2,1H3. The maximum Gasteiger partial charge on any atom is 0.119 e. The molecule has 0 aliphatic rings. The Kier molecular flexibility index (Phi) is 5.81. The molecule has 0 spiro atoms. The van der Waals surface area contributed by atoms with Crippen molar-refractivity contribution in [1.82, 2.24) is 10.3 Å². The number of benzene rings is 1. The fraction of sp³-hybridized carbons (Fsp3) is 0.357. The first-order valence-electron chi connectivity index (χ1n) is 6.22. The normalized spacial score (nSPS) is 10.6. The van der Waals surface area contributed by atoms with Gasteiger partial charge in [0, 0.05) is 11.9 Å². The summed E-state index contributed by atoms with van der Waals surface area (Å²) in [7, 11) is 1.92. The van der Waals surface area contributed by atoms with E-state index in [0.29, 0.717) is 19.8 Å². The highest BCUT2D eigenvalue weighted by atomic mass is 32.1. The minimum Gasteiger partial charge on any atom is -0.491 e. The summed E-state index contributed by atoms with van der Waals surface area (Å²) in [5.41, 5.74) is 0.981. The smallest absolute Gasteiger partial charge is 0.119 e. The van der Waals surface area contributed by atoms with Gasteiger partial charge >= 0.3 is 0 Å². The molecular formula is C14H18N2O2S. The zero-order valence-electron chi connectivity index (χ0n) is 11.0. The lowest BCUT2D eigenvalue weighted by Crippen LogP contribution is -2.07. The van der Waals surface area contributed by atoms with E-state index in [1.165, 1.54) is 0 Å². The van der Waals surface area contributed by atoms with Gasteiger partial charge in [0.2, 0.25) is 0 Å². The Bertz CT molecular complexity index is 473. The van der Waals surface area contributed by atoms with Crippen molar-refractivity contribution in [1.29, 1.82) is 0 Å². The van der Waals surface area contributed by atoms with Crippen LogP contribution in [0.15, 0.2) is 35.7 Å². The van der Waals surface area contributed by atoms with E-state index in [-0.39, 0.29) is 0 Å². The fourth-order valence-electron chi connectivity index (χ4n) is 1.56. The Morgan fingerprint density at radius 3 is 2.84 bits per heavy atom. The van der Waals surface area contributed by atoms with Gasteiger partial charge in [0.05, 0.1) is 18.9 Å². The van der Waals surface area contributed by atoms with Crippen LogP contribution in [-0.2, 0) is 17.9 Å². The molecule has 0 radical (unpaired) electrons. The summed E-state index contributed by atoms with van der Waals surface area (Å²) < 4.78 is 11.1. The molecule has 2 rings (SSSR count). The van der Waals surface area contributed by atoms with Gasteiger partial charge in [0.1, 0.15) is 17.4 Å². The van der Waals surface area contributed by atoms with Crippen LogP contribution in [0.5, 0.6) is 5.75 Å². The Labute approximate surface area is 117 Å². The molecule has 1 aromatic heterocycles. The maximum atomic E-state index is 5.53. The second-order valence-corrected chi connectivity index (χ2v) is 4.92. The molecule has 0 unspecified atom stereocenters. The van der Waals surface area contributed by atoms with E-state index in [1.807, 2.05) is 42.8 Å². The largest absolute Gasteiger partial charge is 0.491 e. The van der Waals surface area contributed by atoms with Gasteiger partial charge in [-0.2, -0.15) is 0 Å². The molecule has 1 heterocycles. The third-order valence-electron chi connectivity index (χ3n) is 2.42. The maximum absolute atomic E-state index is 5.53. The van der Waals surface area contributed by atoms with Crippen LogP contribution in [0.1, 0.15) is 10.7 Å². The summed E-state index contributed by atoms with van der Waals surface area (Å²) in [6.07, 6.45) is 0. The first-order chi connectivity index (χ1) is 9.38. The van der Waals surface area contributed by atoms with Gasteiger partial charge in [0.15, 0.2) is 0 Å².